The van der Waals surface area contributed by atoms with Crippen LogP contribution in [0.4, 0.5) is 0 Å². The number of amides is 1. The first-order chi connectivity index (χ1) is 9.16. The van der Waals surface area contributed by atoms with Gasteiger partial charge < -0.3 is 14.7 Å². The van der Waals surface area contributed by atoms with E-state index < -0.39 is 0 Å². The van der Waals surface area contributed by atoms with Gasteiger partial charge in [-0.15, -0.1) is 0 Å². The average Bonchev–Trinajstić information content (AvgIpc) is 2.46. The minimum Gasteiger partial charge on any atom is -0.393 e. The summed E-state index contributed by atoms with van der Waals surface area (Å²) in [5, 5.41) is 9.48. The number of hydrogen-bond donors (Lipinski definition) is 1. The van der Waals surface area contributed by atoms with Gasteiger partial charge in [0.15, 0.2) is 0 Å². The van der Waals surface area contributed by atoms with E-state index in [1.807, 2.05) is 11.9 Å². The van der Waals surface area contributed by atoms with Crippen LogP contribution >= 0.6 is 0 Å². The Bertz CT molecular complexity index is 281. The van der Waals surface area contributed by atoms with E-state index in [9.17, 15) is 9.90 Å². The maximum Gasteiger partial charge on any atom is 0.225 e. The number of rotatable bonds is 4. The van der Waals surface area contributed by atoms with Crippen molar-refractivity contribution in [2.45, 2.75) is 51.0 Å². The SMILES string of the molecule is CN(CCC1CCOCC1)C(=O)C1CCC(O)CC1. The molecule has 1 N–H and O–H groups in total. The maximum absolute atomic E-state index is 12.3. The van der Waals surface area contributed by atoms with Gasteiger partial charge in [-0.3, -0.25) is 4.79 Å². The van der Waals surface area contributed by atoms with Gasteiger partial charge in [-0.2, -0.15) is 0 Å². The molecule has 19 heavy (non-hydrogen) atoms. The Morgan fingerprint density at radius 3 is 2.42 bits per heavy atom. The quantitative estimate of drug-likeness (QED) is 0.847. The largest absolute Gasteiger partial charge is 0.393 e. The molecular formula is C15H27NO3. The summed E-state index contributed by atoms with van der Waals surface area (Å²) in [6.07, 6.45) is 6.45. The summed E-state index contributed by atoms with van der Waals surface area (Å²) in [6.45, 7) is 2.62. The normalized spacial score (nSPS) is 29.2. The first-order valence-corrected chi connectivity index (χ1v) is 7.67. The third-order valence-electron chi connectivity index (χ3n) is 4.64. The van der Waals surface area contributed by atoms with Crippen LogP contribution < -0.4 is 0 Å². The lowest BCUT2D eigenvalue weighted by Gasteiger charge is -2.30. The zero-order valence-electron chi connectivity index (χ0n) is 12.0. The van der Waals surface area contributed by atoms with Gasteiger partial charge in [0, 0.05) is 32.7 Å². The molecule has 1 heterocycles. The molecule has 110 valence electrons. The fraction of sp³-hybridized carbons (Fsp3) is 0.933. The second-order valence-electron chi connectivity index (χ2n) is 6.11. The molecule has 2 rings (SSSR count). The summed E-state index contributed by atoms with van der Waals surface area (Å²) in [7, 11) is 1.92. The summed E-state index contributed by atoms with van der Waals surface area (Å²) in [6, 6.07) is 0. The van der Waals surface area contributed by atoms with Crippen LogP contribution in [-0.4, -0.2) is 48.8 Å². The fourth-order valence-electron chi connectivity index (χ4n) is 3.16. The molecule has 0 atom stereocenters. The summed E-state index contributed by atoms with van der Waals surface area (Å²) in [5.41, 5.74) is 0. The van der Waals surface area contributed by atoms with Crippen LogP contribution in [0.3, 0.4) is 0 Å². The minimum absolute atomic E-state index is 0.142. The van der Waals surface area contributed by atoms with E-state index >= 15 is 0 Å². The van der Waals surface area contributed by atoms with Gasteiger partial charge in [0.2, 0.25) is 5.91 Å². The van der Waals surface area contributed by atoms with Crippen LogP contribution in [-0.2, 0) is 9.53 Å². The van der Waals surface area contributed by atoms with Crippen molar-refractivity contribution in [1.82, 2.24) is 4.90 Å². The predicted molar refractivity (Wildman–Crippen MR) is 73.8 cm³/mol. The minimum atomic E-state index is -0.184. The summed E-state index contributed by atoms with van der Waals surface area (Å²) in [5.74, 6) is 1.14. The molecule has 2 aliphatic rings. The Morgan fingerprint density at radius 2 is 1.79 bits per heavy atom. The van der Waals surface area contributed by atoms with Gasteiger partial charge in [-0.05, 0) is 50.9 Å². The molecule has 0 aromatic heterocycles. The number of aliphatic hydroxyl groups excluding tert-OH is 1. The molecule has 0 bridgehead atoms. The summed E-state index contributed by atoms with van der Waals surface area (Å²) in [4.78, 5) is 14.2. The van der Waals surface area contributed by atoms with Crippen LogP contribution in [0, 0.1) is 11.8 Å². The van der Waals surface area contributed by atoms with E-state index in [1.165, 1.54) is 0 Å². The molecule has 0 aromatic carbocycles. The molecule has 1 aliphatic heterocycles. The maximum atomic E-state index is 12.3. The predicted octanol–water partition coefficient (Wildman–Crippen LogP) is 1.81. The summed E-state index contributed by atoms with van der Waals surface area (Å²) < 4.78 is 5.35. The highest BCUT2D eigenvalue weighted by Gasteiger charge is 2.27. The Labute approximate surface area is 116 Å². The highest BCUT2D eigenvalue weighted by Crippen LogP contribution is 2.26. The monoisotopic (exact) mass is 269 g/mol. The topological polar surface area (TPSA) is 49.8 Å². The Kier molecular flexibility index (Phi) is 5.64. The average molecular weight is 269 g/mol. The number of carbonyl (C=O) groups excluding carboxylic acids is 1. The molecule has 0 aromatic rings. The molecule has 4 nitrogen and oxygen atoms in total. The van der Waals surface area contributed by atoms with Gasteiger partial charge in [0.05, 0.1) is 6.10 Å². The van der Waals surface area contributed by atoms with Crippen LogP contribution in [0.2, 0.25) is 0 Å². The molecule has 1 saturated carbocycles. The number of ether oxygens (including phenoxy) is 1. The highest BCUT2D eigenvalue weighted by molar-refractivity contribution is 5.78. The van der Waals surface area contributed by atoms with E-state index in [4.69, 9.17) is 4.74 Å². The van der Waals surface area contributed by atoms with Crippen molar-refractivity contribution in [1.29, 1.82) is 0 Å². The van der Waals surface area contributed by atoms with Crippen molar-refractivity contribution >= 4 is 5.91 Å². The smallest absolute Gasteiger partial charge is 0.225 e. The van der Waals surface area contributed by atoms with Gasteiger partial charge >= 0.3 is 0 Å². The molecular weight excluding hydrogens is 242 g/mol. The number of aliphatic hydroxyl groups is 1. The molecule has 0 spiro atoms. The second kappa shape index (κ2) is 7.25. The lowest BCUT2D eigenvalue weighted by molar-refractivity contribution is -0.136. The van der Waals surface area contributed by atoms with Crippen molar-refractivity contribution in [2.24, 2.45) is 11.8 Å². The van der Waals surface area contributed by atoms with Crippen LogP contribution in [0.15, 0.2) is 0 Å². The highest BCUT2D eigenvalue weighted by atomic mass is 16.5. The lowest BCUT2D eigenvalue weighted by atomic mass is 9.86. The fourth-order valence-corrected chi connectivity index (χ4v) is 3.16. The van der Waals surface area contributed by atoms with Crippen molar-refractivity contribution in [2.75, 3.05) is 26.8 Å². The van der Waals surface area contributed by atoms with E-state index in [1.54, 1.807) is 0 Å². The molecule has 1 amide bonds. The zero-order valence-corrected chi connectivity index (χ0v) is 12.0. The van der Waals surface area contributed by atoms with E-state index in [2.05, 4.69) is 0 Å². The van der Waals surface area contributed by atoms with Crippen LogP contribution in [0.5, 0.6) is 0 Å². The summed E-state index contributed by atoms with van der Waals surface area (Å²) >= 11 is 0. The molecule has 4 heteroatoms. The van der Waals surface area contributed by atoms with Gasteiger partial charge in [0.25, 0.3) is 0 Å². The standard InChI is InChI=1S/C15H27NO3/c1-16(9-6-12-7-10-19-11-8-12)15(18)13-2-4-14(17)5-3-13/h12-14,17H,2-11H2,1H3. The van der Waals surface area contributed by atoms with Crippen molar-refractivity contribution in [3.63, 3.8) is 0 Å². The third-order valence-corrected chi connectivity index (χ3v) is 4.64. The van der Waals surface area contributed by atoms with Crippen LogP contribution in [0.1, 0.15) is 44.9 Å². The van der Waals surface area contributed by atoms with Gasteiger partial charge in [0.1, 0.15) is 0 Å². The van der Waals surface area contributed by atoms with Crippen molar-refractivity contribution in [3.05, 3.63) is 0 Å². The number of nitrogens with zero attached hydrogens (tertiary/aromatic N) is 1. The van der Waals surface area contributed by atoms with Crippen molar-refractivity contribution in [3.8, 4) is 0 Å². The molecule has 1 aliphatic carbocycles. The first kappa shape index (κ1) is 14.8. The molecule has 0 radical (unpaired) electrons. The Balaban J connectivity index is 1.69. The number of carbonyl (C=O) groups is 1. The molecule has 2 fully saturated rings. The van der Waals surface area contributed by atoms with Gasteiger partial charge in [-0.25, -0.2) is 0 Å². The Morgan fingerprint density at radius 1 is 1.16 bits per heavy atom. The third kappa shape index (κ3) is 4.46. The van der Waals surface area contributed by atoms with Crippen molar-refractivity contribution < 1.29 is 14.6 Å². The van der Waals surface area contributed by atoms with Gasteiger partial charge in [-0.1, -0.05) is 0 Å². The molecule has 0 unspecified atom stereocenters. The Hall–Kier alpha value is -0.610. The second-order valence-corrected chi connectivity index (χ2v) is 6.11. The van der Waals surface area contributed by atoms with E-state index in [-0.39, 0.29) is 17.9 Å². The number of hydrogen-bond acceptors (Lipinski definition) is 3. The lowest BCUT2D eigenvalue weighted by Crippen LogP contribution is -2.37. The van der Waals surface area contributed by atoms with E-state index in [0.717, 1.165) is 70.6 Å². The zero-order chi connectivity index (χ0) is 13.7. The van der Waals surface area contributed by atoms with Crippen LogP contribution in [0.25, 0.3) is 0 Å². The molecule has 1 saturated heterocycles. The first-order valence-electron chi connectivity index (χ1n) is 7.67. The van der Waals surface area contributed by atoms with E-state index in [0.29, 0.717) is 0 Å².